The molecule has 0 spiro atoms. The zero-order chi connectivity index (χ0) is 24.7. The Morgan fingerprint density at radius 1 is 0.971 bits per heavy atom. The molecule has 0 aliphatic heterocycles. The fraction of sp³-hybridized carbons (Fsp3) is 0.0833. The van der Waals surface area contributed by atoms with E-state index in [0.29, 0.717) is 17.0 Å². The summed E-state index contributed by atoms with van der Waals surface area (Å²) in [6.07, 6.45) is 1.36. The van der Waals surface area contributed by atoms with Gasteiger partial charge in [0.15, 0.2) is 11.5 Å². The van der Waals surface area contributed by atoms with Crippen molar-refractivity contribution in [1.29, 1.82) is 5.26 Å². The van der Waals surface area contributed by atoms with Crippen LogP contribution >= 0.6 is 15.9 Å². The van der Waals surface area contributed by atoms with Gasteiger partial charge < -0.3 is 19.0 Å². The molecular weight excluding hydrogens is 524 g/mol. The van der Waals surface area contributed by atoms with Gasteiger partial charge in [0.25, 0.3) is 5.91 Å². The zero-order valence-electron chi connectivity index (χ0n) is 18.1. The van der Waals surface area contributed by atoms with Crippen LogP contribution < -0.4 is 19.0 Å². The SMILES string of the molecule is COc1ccc(S(=O)(=O)Oc2ccc(/C=C(\C#N)C(=O)Nc3ccc(Br)cc3)cc2OC)cc1. The van der Waals surface area contributed by atoms with Gasteiger partial charge in [0.1, 0.15) is 22.3 Å². The first-order valence-corrected chi connectivity index (χ1v) is 11.9. The quantitative estimate of drug-likeness (QED) is 0.247. The summed E-state index contributed by atoms with van der Waals surface area (Å²) in [7, 11) is -1.31. The number of carbonyl (C=O) groups excluding carboxylic acids is 1. The number of benzene rings is 3. The number of nitrogens with zero attached hydrogens (tertiary/aromatic N) is 1. The van der Waals surface area contributed by atoms with E-state index in [1.54, 1.807) is 24.3 Å². The van der Waals surface area contributed by atoms with Crippen molar-refractivity contribution in [2.24, 2.45) is 0 Å². The topological polar surface area (TPSA) is 115 Å². The molecule has 0 saturated carbocycles. The Labute approximate surface area is 205 Å². The largest absolute Gasteiger partial charge is 0.497 e. The highest BCUT2D eigenvalue weighted by Crippen LogP contribution is 2.32. The molecule has 34 heavy (non-hydrogen) atoms. The third kappa shape index (κ3) is 6.15. The predicted molar refractivity (Wildman–Crippen MR) is 130 cm³/mol. The molecular formula is C24H19BrN2O6S. The van der Waals surface area contributed by atoms with Gasteiger partial charge in [-0.15, -0.1) is 0 Å². The summed E-state index contributed by atoms with van der Waals surface area (Å²) < 4.78 is 41.7. The van der Waals surface area contributed by atoms with E-state index in [-0.39, 0.29) is 22.0 Å². The van der Waals surface area contributed by atoms with Gasteiger partial charge in [-0.2, -0.15) is 13.7 Å². The van der Waals surface area contributed by atoms with Crippen molar-refractivity contribution in [3.8, 4) is 23.3 Å². The minimum atomic E-state index is -4.13. The molecule has 8 nitrogen and oxygen atoms in total. The molecule has 3 rings (SSSR count). The van der Waals surface area contributed by atoms with Crippen molar-refractivity contribution >= 4 is 43.7 Å². The summed E-state index contributed by atoms with van der Waals surface area (Å²) in [5.41, 5.74) is 0.817. The number of carbonyl (C=O) groups is 1. The Kier molecular flexibility index (Phi) is 7.94. The smallest absolute Gasteiger partial charge is 0.339 e. The fourth-order valence-corrected chi connectivity index (χ4v) is 4.00. The van der Waals surface area contributed by atoms with Gasteiger partial charge in [-0.25, -0.2) is 0 Å². The minimum Gasteiger partial charge on any atom is -0.497 e. The second-order valence-corrected chi connectivity index (χ2v) is 9.22. The first kappa shape index (κ1) is 24.8. The first-order chi connectivity index (χ1) is 16.2. The minimum absolute atomic E-state index is 0.0479. The summed E-state index contributed by atoms with van der Waals surface area (Å²) in [5, 5.41) is 12.1. The highest BCUT2D eigenvalue weighted by atomic mass is 79.9. The van der Waals surface area contributed by atoms with E-state index < -0.39 is 16.0 Å². The molecule has 3 aromatic rings. The highest BCUT2D eigenvalue weighted by molar-refractivity contribution is 9.10. The molecule has 0 saturated heterocycles. The van der Waals surface area contributed by atoms with Crippen molar-refractivity contribution in [1.82, 2.24) is 0 Å². The lowest BCUT2D eigenvalue weighted by atomic mass is 10.1. The van der Waals surface area contributed by atoms with Crippen LogP contribution in [0.3, 0.4) is 0 Å². The van der Waals surface area contributed by atoms with Gasteiger partial charge in [0.05, 0.1) is 14.2 Å². The molecule has 1 amide bonds. The van der Waals surface area contributed by atoms with Gasteiger partial charge in [-0.05, 0) is 72.3 Å². The zero-order valence-corrected chi connectivity index (χ0v) is 20.5. The number of amides is 1. The van der Waals surface area contributed by atoms with Crippen LogP contribution in [0.15, 0.2) is 81.7 Å². The van der Waals surface area contributed by atoms with Crippen LogP contribution in [0, 0.1) is 11.3 Å². The molecule has 0 atom stereocenters. The summed E-state index contributed by atoms with van der Waals surface area (Å²) >= 11 is 3.31. The molecule has 3 aromatic carbocycles. The fourth-order valence-electron chi connectivity index (χ4n) is 2.80. The maximum atomic E-state index is 12.6. The van der Waals surface area contributed by atoms with Gasteiger partial charge in [-0.1, -0.05) is 22.0 Å². The highest BCUT2D eigenvalue weighted by Gasteiger charge is 2.20. The molecule has 0 aliphatic rings. The van der Waals surface area contributed by atoms with Crippen LogP contribution in [0.2, 0.25) is 0 Å². The number of rotatable bonds is 8. The molecule has 1 N–H and O–H groups in total. The molecule has 0 aromatic heterocycles. The van der Waals surface area contributed by atoms with E-state index >= 15 is 0 Å². The van der Waals surface area contributed by atoms with Crippen molar-refractivity contribution in [3.05, 3.63) is 82.3 Å². The number of hydrogen-bond acceptors (Lipinski definition) is 7. The van der Waals surface area contributed by atoms with Crippen LogP contribution in [0.25, 0.3) is 6.08 Å². The second kappa shape index (κ2) is 10.9. The van der Waals surface area contributed by atoms with Crippen molar-refractivity contribution in [3.63, 3.8) is 0 Å². The van der Waals surface area contributed by atoms with E-state index in [9.17, 15) is 18.5 Å². The third-order valence-corrected chi connectivity index (χ3v) is 6.29. The lowest BCUT2D eigenvalue weighted by Gasteiger charge is -2.12. The molecule has 10 heteroatoms. The Balaban J connectivity index is 1.82. The number of ether oxygens (including phenoxy) is 2. The average molecular weight is 543 g/mol. The average Bonchev–Trinajstić information content (AvgIpc) is 2.84. The van der Waals surface area contributed by atoms with E-state index in [1.165, 1.54) is 62.8 Å². The molecule has 0 aliphatic carbocycles. The number of methoxy groups -OCH3 is 2. The van der Waals surface area contributed by atoms with Crippen molar-refractivity contribution in [2.45, 2.75) is 4.90 Å². The number of hydrogen-bond donors (Lipinski definition) is 1. The van der Waals surface area contributed by atoms with Gasteiger partial charge in [0, 0.05) is 10.2 Å². The van der Waals surface area contributed by atoms with E-state index in [0.717, 1.165) is 4.47 Å². The molecule has 0 fully saturated rings. The summed E-state index contributed by atoms with van der Waals surface area (Å²) in [5.74, 6) is -0.0268. The van der Waals surface area contributed by atoms with Crippen LogP contribution in [-0.4, -0.2) is 28.5 Å². The maximum Gasteiger partial charge on any atom is 0.339 e. The number of nitriles is 1. The van der Waals surface area contributed by atoms with Crippen LogP contribution in [0.5, 0.6) is 17.2 Å². The maximum absolute atomic E-state index is 12.6. The monoisotopic (exact) mass is 542 g/mol. The standard InChI is InChI=1S/C24H19BrN2O6S/c1-31-20-8-10-21(11-9-20)34(29,30)33-22-12-3-16(14-23(22)32-2)13-17(15-26)24(28)27-19-6-4-18(25)5-7-19/h3-14H,1-2H3,(H,27,28)/b17-13+. The Bertz CT molecular complexity index is 1360. The molecule has 0 heterocycles. The lowest BCUT2D eigenvalue weighted by Crippen LogP contribution is -2.13. The summed E-state index contributed by atoms with van der Waals surface area (Å²) in [6, 6.07) is 18.8. The summed E-state index contributed by atoms with van der Waals surface area (Å²) in [4.78, 5) is 12.4. The van der Waals surface area contributed by atoms with Gasteiger partial charge in [-0.3, -0.25) is 4.79 Å². The van der Waals surface area contributed by atoms with E-state index in [4.69, 9.17) is 13.7 Å². The normalized spacial score (nSPS) is 11.3. The predicted octanol–water partition coefficient (Wildman–Crippen LogP) is 4.78. The Hall–Kier alpha value is -3.81. The van der Waals surface area contributed by atoms with Crippen LogP contribution in [0.1, 0.15) is 5.56 Å². The second-order valence-electron chi connectivity index (χ2n) is 6.75. The van der Waals surface area contributed by atoms with Crippen LogP contribution in [0.4, 0.5) is 5.69 Å². The van der Waals surface area contributed by atoms with Gasteiger partial charge in [0.2, 0.25) is 0 Å². The Morgan fingerprint density at radius 3 is 2.24 bits per heavy atom. The number of anilines is 1. The molecule has 0 bridgehead atoms. The number of nitrogens with one attached hydrogen (secondary N) is 1. The third-order valence-electron chi connectivity index (χ3n) is 4.51. The van der Waals surface area contributed by atoms with Crippen LogP contribution in [-0.2, 0) is 14.9 Å². The molecule has 0 radical (unpaired) electrons. The van der Waals surface area contributed by atoms with Gasteiger partial charge >= 0.3 is 10.1 Å². The van der Waals surface area contributed by atoms with Crippen molar-refractivity contribution < 1.29 is 26.9 Å². The van der Waals surface area contributed by atoms with E-state index in [1.807, 2.05) is 6.07 Å². The first-order valence-electron chi connectivity index (χ1n) is 9.71. The Morgan fingerprint density at radius 2 is 1.65 bits per heavy atom. The number of halogens is 1. The van der Waals surface area contributed by atoms with Crippen molar-refractivity contribution in [2.75, 3.05) is 19.5 Å². The molecule has 174 valence electrons. The summed E-state index contributed by atoms with van der Waals surface area (Å²) in [6.45, 7) is 0. The molecule has 0 unspecified atom stereocenters. The van der Waals surface area contributed by atoms with E-state index in [2.05, 4.69) is 21.2 Å². The lowest BCUT2D eigenvalue weighted by molar-refractivity contribution is -0.112.